The molecule has 134 valence electrons. The van der Waals surface area contributed by atoms with Gasteiger partial charge < -0.3 is 14.7 Å². The molecule has 1 N–H and O–H groups in total. The van der Waals surface area contributed by atoms with E-state index in [0.29, 0.717) is 32.4 Å². The molecule has 2 aliphatic heterocycles. The first-order valence-electron chi connectivity index (χ1n) is 8.48. The second-order valence-electron chi connectivity index (χ2n) is 6.59. The summed E-state index contributed by atoms with van der Waals surface area (Å²) in [5, 5.41) is 9.18. The molecule has 0 aromatic heterocycles. The van der Waals surface area contributed by atoms with E-state index < -0.39 is 23.6 Å². The second kappa shape index (κ2) is 6.74. The number of hydrogen-bond acceptors (Lipinski definition) is 4. The zero-order valence-corrected chi connectivity index (χ0v) is 14.2. The Morgan fingerprint density at radius 2 is 1.96 bits per heavy atom. The highest BCUT2D eigenvalue weighted by molar-refractivity contribution is 5.95. The van der Waals surface area contributed by atoms with Gasteiger partial charge in [-0.05, 0) is 31.7 Å². The van der Waals surface area contributed by atoms with Crippen LogP contribution in [0.2, 0.25) is 0 Å². The predicted octanol–water partition coefficient (Wildman–Crippen LogP) is 1.86. The summed E-state index contributed by atoms with van der Waals surface area (Å²) >= 11 is 0. The highest BCUT2D eigenvalue weighted by Crippen LogP contribution is 2.40. The number of ether oxygens (including phenoxy) is 1. The van der Waals surface area contributed by atoms with E-state index in [1.165, 1.54) is 16.7 Å². The third-order valence-corrected chi connectivity index (χ3v) is 5.16. The SMILES string of the molecule is CC(C(=O)O)N1CCC2(CCCN2C(=O)OCc2ccccc2)C1=O. The van der Waals surface area contributed by atoms with Crippen molar-refractivity contribution < 1.29 is 24.2 Å². The van der Waals surface area contributed by atoms with Crippen molar-refractivity contribution >= 4 is 18.0 Å². The molecule has 2 unspecified atom stereocenters. The fourth-order valence-electron chi connectivity index (χ4n) is 3.71. The van der Waals surface area contributed by atoms with Crippen molar-refractivity contribution in [1.82, 2.24) is 9.80 Å². The van der Waals surface area contributed by atoms with E-state index in [1.54, 1.807) is 0 Å². The number of carbonyl (C=O) groups is 3. The molecule has 2 heterocycles. The summed E-state index contributed by atoms with van der Waals surface area (Å²) in [7, 11) is 0. The molecule has 1 aromatic carbocycles. The lowest BCUT2D eigenvalue weighted by atomic mass is 9.94. The van der Waals surface area contributed by atoms with Crippen molar-refractivity contribution in [2.45, 2.75) is 44.4 Å². The van der Waals surface area contributed by atoms with Gasteiger partial charge in [0.05, 0.1) is 0 Å². The first-order valence-corrected chi connectivity index (χ1v) is 8.48. The maximum absolute atomic E-state index is 12.9. The average molecular weight is 346 g/mol. The molecule has 3 rings (SSSR count). The van der Waals surface area contributed by atoms with Gasteiger partial charge >= 0.3 is 12.1 Å². The minimum atomic E-state index is -1.04. The second-order valence-corrected chi connectivity index (χ2v) is 6.59. The standard InChI is InChI=1S/C18H22N2O5/c1-13(15(21)22)19-11-9-18(16(19)23)8-5-10-20(18)17(24)25-12-14-6-3-2-4-7-14/h2-4,6-7,13H,5,8-12H2,1H3,(H,21,22). The number of rotatable bonds is 4. The molecule has 1 aromatic rings. The van der Waals surface area contributed by atoms with Gasteiger partial charge in [-0.15, -0.1) is 0 Å². The highest BCUT2D eigenvalue weighted by atomic mass is 16.6. The van der Waals surface area contributed by atoms with Gasteiger partial charge in [-0.25, -0.2) is 9.59 Å². The van der Waals surface area contributed by atoms with Gasteiger partial charge in [-0.2, -0.15) is 0 Å². The van der Waals surface area contributed by atoms with E-state index in [4.69, 9.17) is 4.74 Å². The first kappa shape index (κ1) is 17.3. The van der Waals surface area contributed by atoms with Gasteiger partial charge in [0.2, 0.25) is 5.91 Å². The molecule has 0 radical (unpaired) electrons. The normalized spacial score (nSPS) is 24.0. The highest BCUT2D eigenvalue weighted by Gasteiger charge is 2.56. The van der Waals surface area contributed by atoms with Crippen LogP contribution in [-0.4, -0.2) is 57.5 Å². The molecule has 2 atom stereocenters. The number of amides is 2. The number of aliphatic carboxylic acids is 1. The minimum absolute atomic E-state index is 0.148. The fourth-order valence-corrected chi connectivity index (χ4v) is 3.71. The van der Waals surface area contributed by atoms with Crippen molar-refractivity contribution in [2.75, 3.05) is 13.1 Å². The molecule has 7 nitrogen and oxygen atoms in total. The lowest BCUT2D eigenvalue weighted by molar-refractivity contribution is -0.150. The van der Waals surface area contributed by atoms with Crippen molar-refractivity contribution in [1.29, 1.82) is 0 Å². The minimum Gasteiger partial charge on any atom is -0.480 e. The number of nitrogens with zero attached hydrogens (tertiary/aromatic N) is 2. The molecule has 0 aliphatic carbocycles. The van der Waals surface area contributed by atoms with Crippen molar-refractivity contribution in [3.8, 4) is 0 Å². The predicted molar refractivity (Wildman–Crippen MR) is 88.7 cm³/mol. The molecule has 0 bridgehead atoms. The van der Waals surface area contributed by atoms with E-state index in [2.05, 4.69) is 0 Å². The monoisotopic (exact) mass is 346 g/mol. The molecule has 7 heteroatoms. The van der Waals surface area contributed by atoms with Gasteiger partial charge in [0.15, 0.2) is 0 Å². The van der Waals surface area contributed by atoms with Crippen LogP contribution in [-0.2, 0) is 20.9 Å². The molecule has 2 aliphatic rings. The van der Waals surface area contributed by atoms with Crippen LogP contribution in [0.15, 0.2) is 30.3 Å². The topological polar surface area (TPSA) is 87.2 Å². The maximum atomic E-state index is 12.9. The van der Waals surface area contributed by atoms with Crippen molar-refractivity contribution in [3.63, 3.8) is 0 Å². The third-order valence-electron chi connectivity index (χ3n) is 5.16. The quantitative estimate of drug-likeness (QED) is 0.899. The summed E-state index contributed by atoms with van der Waals surface area (Å²) in [6.45, 7) is 2.44. The van der Waals surface area contributed by atoms with Crippen molar-refractivity contribution in [3.05, 3.63) is 35.9 Å². The van der Waals surface area contributed by atoms with Gasteiger partial charge in [0.25, 0.3) is 0 Å². The van der Waals surface area contributed by atoms with E-state index in [-0.39, 0.29) is 12.5 Å². The van der Waals surface area contributed by atoms with E-state index in [0.717, 1.165) is 5.56 Å². The number of carboxylic acid groups (broad SMARTS) is 1. The Morgan fingerprint density at radius 1 is 1.24 bits per heavy atom. The van der Waals surface area contributed by atoms with E-state index in [9.17, 15) is 19.5 Å². The molecule has 25 heavy (non-hydrogen) atoms. The van der Waals surface area contributed by atoms with Crippen LogP contribution >= 0.6 is 0 Å². The van der Waals surface area contributed by atoms with Crippen LogP contribution in [0.4, 0.5) is 4.79 Å². The summed E-state index contributed by atoms with van der Waals surface area (Å²) in [6.07, 6.45) is 1.19. The number of carbonyl (C=O) groups excluding carboxylic acids is 2. The summed E-state index contributed by atoms with van der Waals surface area (Å²) in [5.74, 6) is -1.32. The smallest absolute Gasteiger partial charge is 0.411 e. The Balaban J connectivity index is 1.70. The summed E-state index contributed by atoms with van der Waals surface area (Å²) in [6, 6.07) is 8.46. The molecule has 2 fully saturated rings. The summed E-state index contributed by atoms with van der Waals surface area (Å²) < 4.78 is 5.39. The zero-order chi connectivity index (χ0) is 18.0. The Bertz CT molecular complexity index is 677. The van der Waals surface area contributed by atoms with Crippen LogP contribution in [0, 0.1) is 0 Å². The first-order chi connectivity index (χ1) is 12.0. The Morgan fingerprint density at radius 3 is 2.64 bits per heavy atom. The van der Waals surface area contributed by atoms with Crippen LogP contribution in [0.25, 0.3) is 0 Å². The number of likely N-dealkylation sites (tertiary alicyclic amines) is 2. The fraction of sp³-hybridized carbons (Fsp3) is 0.500. The maximum Gasteiger partial charge on any atom is 0.411 e. The largest absolute Gasteiger partial charge is 0.480 e. The van der Waals surface area contributed by atoms with Crippen LogP contribution < -0.4 is 0 Å². The van der Waals surface area contributed by atoms with Gasteiger partial charge in [-0.1, -0.05) is 30.3 Å². The van der Waals surface area contributed by atoms with Crippen LogP contribution in [0.1, 0.15) is 31.7 Å². The molecule has 2 saturated heterocycles. The van der Waals surface area contributed by atoms with Crippen LogP contribution in [0.3, 0.4) is 0 Å². The van der Waals surface area contributed by atoms with Crippen molar-refractivity contribution in [2.24, 2.45) is 0 Å². The average Bonchev–Trinajstić information content (AvgIpc) is 3.18. The van der Waals surface area contributed by atoms with E-state index >= 15 is 0 Å². The molecule has 0 saturated carbocycles. The van der Waals surface area contributed by atoms with Crippen LogP contribution in [0.5, 0.6) is 0 Å². The Hall–Kier alpha value is -2.57. The summed E-state index contributed by atoms with van der Waals surface area (Å²) in [4.78, 5) is 39.5. The Labute approximate surface area is 146 Å². The number of hydrogen-bond donors (Lipinski definition) is 1. The van der Waals surface area contributed by atoms with E-state index in [1.807, 2.05) is 30.3 Å². The Kier molecular flexibility index (Phi) is 4.65. The van der Waals surface area contributed by atoms with Gasteiger partial charge in [0, 0.05) is 13.1 Å². The molecule has 1 spiro atoms. The third kappa shape index (κ3) is 3.06. The lowest BCUT2D eigenvalue weighted by Gasteiger charge is -2.33. The lowest BCUT2D eigenvalue weighted by Crippen LogP contribution is -2.54. The number of benzene rings is 1. The number of carboxylic acids is 1. The van der Waals surface area contributed by atoms with Gasteiger partial charge in [-0.3, -0.25) is 9.69 Å². The molecular weight excluding hydrogens is 324 g/mol. The molecular formula is C18H22N2O5. The molecule has 2 amide bonds. The summed E-state index contributed by atoms with van der Waals surface area (Å²) in [5.41, 5.74) is -0.0692. The van der Waals surface area contributed by atoms with Gasteiger partial charge in [0.1, 0.15) is 18.2 Å². The zero-order valence-electron chi connectivity index (χ0n) is 14.2.